The fourth-order valence-corrected chi connectivity index (χ4v) is 2.72. The summed E-state index contributed by atoms with van der Waals surface area (Å²) >= 11 is 6.77. The molecule has 0 spiro atoms. The Hall–Kier alpha value is -2.18. The highest BCUT2D eigenvalue weighted by atomic mass is 35.5. The van der Waals surface area contributed by atoms with E-state index < -0.39 is 5.82 Å². The zero-order chi connectivity index (χ0) is 15.5. The quantitative estimate of drug-likeness (QED) is 0.886. The third-order valence-corrected chi connectivity index (χ3v) is 3.89. The van der Waals surface area contributed by atoms with Gasteiger partial charge in [0.2, 0.25) is 0 Å². The summed E-state index contributed by atoms with van der Waals surface area (Å²) in [6.07, 6.45) is 5.16. The summed E-state index contributed by atoms with van der Waals surface area (Å²) in [4.78, 5) is 20.6. The number of carbonyl (C=O) groups excluding carboxylic acids is 1. The first-order valence-corrected chi connectivity index (χ1v) is 7.46. The van der Waals surface area contributed by atoms with Crippen LogP contribution in [0.5, 0.6) is 0 Å². The molecule has 1 amide bonds. The van der Waals surface area contributed by atoms with Crippen LogP contribution < -0.4 is 5.32 Å². The van der Waals surface area contributed by atoms with Crippen molar-refractivity contribution in [3.8, 4) is 0 Å². The number of aromatic nitrogens is 1. The molecule has 0 radical (unpaired) electrons. The molecule has 1 aliphatic heterocycles. The monoisotopic (exact) mass is 333 g/mol. The average molecular weight is 334 g/mol. The molecule has 3 rings (SSSR count). The minimum absolute atomic E-state index is 0.0170. The Balaban J connectivity index is 1.96. The molecule has 0 bridgehead atoms. The van der Waals surface area contributed by atoms with Gasteiger partial charge in [0.15, 0.2) is 0 Å². The zero-order valence-electron chi connectivity index (χ0n) is 11.1. The molecule has 0 unspecified atom stereocenters. The molecule has 1 aromatic carbocycles. The van der Waals surface area contributed by atoms with Crippen LogP contribution in [0, 0.1) is 5.82 Å². The Morgan fingerprint density at radius 2 is 2.23 bits per heavy atom. The average Bonchev–Trinajstić information content (AvgIpc) is 2.83. The molecule has 4 nitrogen and oxygen atoms in total. The van der Waals surface area contributed by atoms with Crippen molar-refractivity contribution in [2.24, 2.45) is 4.99 Å². The molecule has 0 saturated carbocycles. The minimum Gasteiger partial charge on any atom is -0.300 e. The maximum Gasteiger partial charge on any atom is 0.289 e. The van der Waals surface area contributed by atoms with Gasteiger partial charge in [-0.25, -0.2) is 9.38 Å². The van der Waals surface area contributed by atoms with E-state index in [2.05, 4.69) is 15.3 Å². The number of rotatable bonds is 2. The van der Waals surface area contributed by atoms with Crippen molar-refractivity contribution in [1.29, 1.82) is 0 Å². The number of nitrogens with zero attached hydrogens (tertiary/aromatic N) is 2. The highest BCUT2D eigenvalue weighted by Gasteiger charge is 2.23. The predicted molar refractivity (Wildman–Crippen MR) is 86.8 cm³/mol. The fraction of sp³-hybridized carbons (Fsp3) is 0. The van der Waals surface area contributed by atoms with Gasteiger partial charge in [0.05, 0.1) is 15.6 Å². The SMILES string of the molecule is O=C1NC(=Nc2ccc(F)c(Cl)c2)/C(=C\c2cccnc2)S1. The lowest BCUT2D eigenvalue weighted by atomic mass is 10.2. The Morgan fingerprint density at radius 1 is 1.36 bits per heavy atom. The third-order valence-electron chi connectivity index (χ3n) is 2.78. The predicted octanol–water partition coefficient (Wildman–Crippen LogP) is 4.40. The summed E-state index contributed by atoms with van der Waals surface area (Å²) in [6, 6.07) is 7.80. The molecule has 22 heavy (non-hydrogen) atoms. The third kappa shape index (κ3) is 3.35. The van der Waals surface area contributed by atoms with Crippen LogP contribution in [0.1, 0.15) is 5.56 Å². The van der Waals surface area contributed by atoms with E-state index >= 15 is 0 Å². The minimum atomic E-state index is -0.512. The van der Waals surface area contributed by atoms with Gasteiger partial charge in [0.25, 0.3) is 5.24 Å². The topological polar surface area (TPSA) is 54.4 Å². The molecular weight excluding hydrogens is 325 g/mol. The van der Waals surface area contributed by atoms with Crippen molar-refractivity contribution >= 4 is 46.2 Å². The number of hydrogen-bond acceptors (Lipinski definition) is 4. The van der Waals surface area contributed by atoms with Crippen LogP contribution in [0.4, 0.5) is 14.9 Å². The summed E-state index contributed by atoms with van der Waals surface area (Å²) in [5.74, 6) is -0.108. The van der Waals surface area contributed by atoms with Crippen LogP contribution in [-0.4, -0.2) is 16.1 Å². The van der Waals surface area contributed by atoms with Gasteiger partial charge in [-0.05, 0) is 47.7 Å². The number of carbonyl (C=O) groups is 1. The lowest BCUT2D eigenvalue weighted by Gasteiger charge is -2.01. The summed E-state index contributed by atoms with van der Waals surface area (Å²) in [5, 5.41) is 2.42. The van der Waals surface area contributed by atoms with Gasteiger partial charge in [-0.1, -0.05) is 17.7 Å². The smallest absolute Gasteiger partial charge is 0.289 e. The Kier molecular flexibility index (Phi) is 4.22. The Labute approximate surface area is 135 Å². The van der Waals surface area contributed by atoms with Crippen molar-refractivity contribution in [1.82, 2.24) is 10.3 Å². The Morgan fingerprint density at radius 3 is 2.95 bits per heavy atom. The van der Waals surface area contributed by atoms with Crippen molar-refractivity contribution in [2.75, 3.05) is 0 Å². The van der Waals surface area contributed by atoms with Crippen molar-refractivity contribution in [3.05, 3.63) is 64.0 Å². The maximum atomic E-state index is 13.2. The van der Waals surface area contributed by atoms with Crippen LogP contribution in [0.3, 0.4) is 0 Å². The highest BCUT2D eigenvalue weighted by Crippen LogP contribution is 2.29. The van der Waals surface area contributed by atoms with Gasteiger partial charge in [-0.2, -0.15) is 0 Å². The molecule has 1 fully saturated rings. The van der Waals surface area contributed by atoms with E-state index in [1.165, 1.54) is 18.2 Å². The number of amidine groups is 1. The highest BCUT2D eigenvalue weighted by molar-refractivity contribution is 8.18. The molecule has 7 heteroatoms. The molecule has 1 saturated heterocycles. The summed E-state index contributed by atoms with van der Waals surface area (Å²) in [6.45, 7) is 0. The maximum absolute atomic E-state index is 13.2. The molecule has 1 aromatic heterocycles. The summed E-state index contributed by atoms with van der Waals surface area (Å²) in [7, 11) is 0. The standard InChI is InChI=1S/C15H9ClFN3OS/c16-11-7-10(3-4-12(11)17)19-14-13(22-15(21)20-14)6-9-2-1-5-18-8-9/h1-8H,(H,19,20,21)/b13-6+. The van der Waals surface area contributed by atoms with Gasteiger partial charge in [-0.15, -0.1) is 0 Å². The van der Waals surface area contributed by atoms with E-state index in [9.17, 15) is 9.18 Å². The molecule has 1 aliphatic rings. The second kappa shape index (κ2) is 6.29. The number of pyridine rings is 1. The van der Waals surface area contributed by atoms with Crippen molar-refractivity contribution in [3.63, 3.8) is 0 Å². The largest absolute Gasteiger partial charge is 0.300 e. The van der Waals surface area contributed by atoms with Gasteiger partial charge < -0.3 is 5.32 Å². The van der Waals surface area contributed by atoms with Crippen LogP contribution in [0.25, 0.3) is 6.08 Å². The van der Waals surface area contributed by atoms with Gasteiger partial charge in [0, 0.05) is 12.4 Å². The number of thioether (sulfide) groups is 1. The molecular formula is C15H9ClFN3OS. The second-order valence-electron chi connectivity index (χ2n) is 4.37. The van der Waals surface area contributed by atoms with Crippen molar-refractivity contribution < 1.29 is 9.18 Å². The van der Waals surface area contributed by atoms with E-state index in [0.717, 1.165) is 17.3 Å². The van der Waals surface area contributed by atoms with Gasteiger partial charge >= 0.3 is 0 Å². The molecule has 0 atom stereocenters. The molecule has 0 aliphatic carbocycles. The second-order valence-corrected chi connectivity index (χ2v) is 5.79. The number of hydrogen-bond donors (Lipinski definition) is 1. The van der Waals surface area contributed by atoms with E-state index in [0.29, 0.717) is 16.4 Å². The number of nitrogens with one attached hydrogen (secondary N) is 1. The molecule has 110 valence electrons. The lowest BCUT2D eigenvalue weighted by Crippen LogP contribution is -2.18. The first-order valence-electron chi connectivity index (χ1n) is 6.26. The molecule has 2 heterocycles. The first-order chi connectivity index (χ1) is 10.6. The van der Waals surface area contributed by atoms with E-state index in [4.69, 9.17) is 11.6 Å². The van der Waals surface area contributed by atoms with Gasteiger partial charge in [-0.3, -0.25) is 9.78 Å². The van der Waals surface area contributed by atoms with E-state index in [1.54, 1.807) is 24.5 Å². The van der Waals surface area contributed by atoms with Crippen LogP contribution in [0.15, 0.2) is 52.6 Å². The van der Waals surface area contributed by atoms with E-state index in [1.807, 2.05) is 6.07 Å². The first kappa shape index (κ1) is 14.7. The summed E-state index contributed by atoms with van der Waals surface area (Å²) in [5.41, 5.74) is 1.31. The summed E-state index contributed by atoms with van der Waals surface area (Å²) < 4.78 is 13.2. The molecule has 1 N–H and O–H groups in total. The van der Waals surface area contributed by atoms with E-state index in [-0.39, 0.29) is 10.3 Å². The number of benzene rings is 1. The van der Waals surface area contributed by atoms with Crippen LogP contribution in [0.2, 0.25) is 5.02 Å². The zero-order valence-corrected chi connectivity index (χ0v) is 12.7. The normalized spacial score (nSPS) is 18.0. The number of aliphatic imine (C=N–C) groups is 1. The van der Waals surface area contributed by atoms with Crippen LogP contribution in [-0.2, 0) is 0 Å². The van der Waals surface area contributed by atoms with Gasteiger partial charge in [0.1, 0.15) is 11.7 Å². The van der Waals surface area contributed by atoms with Crippen molar-refractivity contribution in [2.45, 2.75) is 0 Å². The lowest BCUT2D eigenvalue weighted by molar-refractivity contribution is 0.265. The number of amides is 1. The van der Waals surface area contributed by atoms with Crippen LogP contribution >= 0.6 is 23.4 Å². The fourth-order valence-electron chi connectivity index (χ4n) is 1.81. The number of halogens is 2. The Bertz CT molecular complexity index is 793. The molecule has 2 aromatic rings.